The number of nitrogens with zero attached hydrogens (tertiary/aromatic N) is 1. The zero-order valence-electron chi connectivity index (χ0n) is 13.4. The van der Waals surface area contributed by atoms with Gasteiger partial charge in [0, 0.05) is 22.1 Å². The van der Waals surface area contributed by atoms with E-state index in [4.69, 9.17) is 9.47 Å². The molecule has 124 valence electrons. The second kappa shape index (κ2) is 5.41. The van der Waals surface area contributed by atoms with Gasteiger partial charge < -0.3 is 14.8 Å². The molecule has 2 aliphatic heterocycles. The molecule has 1 saturated heterocycles. The van der Waals surface area contributed by atoms with Crippen molar-refractivity contribution in [1.29, 1.82) is 0 Å². The Morgan fingerprint density at radius 3 is 2.75 bits per heavy atom. The van der Waals surface area contributed by atoms with Crippen LogP contribution < -0.4 is 19.7 Å². The van der Waals surface area contributed by atoms with Gasteiger partial charge in [-0.05, 0) is 49.4 Å². The minimum absolute atomic E-state index is 0.0572. The van der Waals surface area contributed by atoms with Crippen LogP contribution in [0.25, 0.3) is 0 Å². The van der Waals surface area contributed by atoms with Gasteiger partial charge in [-0.2, -0.15) is 0 Å². The van der Waals surface area contributed by atoms with Crippen LogP contribution in [0.1, 0.15) is 24.9 Å². The van der Waals surface area contributed by atoms with E-state index in [1.54, 1.807) is 12.0 Å². The standard InChI is InChI=1S/C18H17BrN2O3/c1-18-10-15(14-9-11(19)3-8-16(14)24-18)20-17(22)21(18)12-4-6-13(23-2)7-5-12/h3-9,15H,10H2,1-2H3,(H,20,22)/t15-,18-/m0/s1. The van der Waals surface area contributed by atoms with Gasteiger partial charge in [-0.3, -0.25) is 4.90 Å². The average molecular weight is 389 g/mol. The molecule has 2 aliphatic rings. The van der Waals surface area contributed by atoms with Crippen molar-refractivity contribution in [2.45, 2.75) is 25.1 Å². The van der Waals surface area contributed by atoms with Gasteiger partial charge in [0.1, 0.15) is 11.5 Å². The molecular weight excluding hydrogens is 372 g/mol. The van der Waals surface area contributed by atoms with Crippen molar-refractivity contribution in [2.24, 2.45) is 0 Å². The van der Waals surface area contributed by atoms with E-state index < -0.39 is 5.72 Å². The normalized spacial score (nSPS) is 24.7. The fraction of sp³-hybridized carbons (Fsp3) is 0.278. The fourth-order valence-corrected chi connectivity index (χ4v) is 3.85. The van der Waals surface area contributed by atoms with Crippen molar-refractivity contribution in [3.05, 3.63) is 52.5 Å². The Labute approximate surface area is 148 Å². The van der Waals surface area contributed by atoms with Crippen molar-refractivity contribution < 1.29 is 14.3 Å². The van der Waals surface area contributed by atoms with E-state index in [1.165, 1.54) is 0 Å². The largest absolute Gasteiger partial charge is 0.497 e. The number of amides is 2. The predicted octanol–water partition coefficient (Wildman–Crippen LogP) is 4.23. The molecule has 2 atom stereocenters. The van der Waals surface area contributed by atoms with Gasteiger partial charge in [0.05, 0.1) is 13.2 Å². The Balaban J connectivity index is 1.76. The van der Waals surface area contributed by atoms with E-state index >= 15 is 0 Å². The minimum Gasteiger partial charge on any atom is -0.497 e. The lowest BCUT2D eigenvalue weighted by Crippen LogP contribution is -2.65. The maximum absolute atomic E-state index is 12.8. The molecule has 2 amide bonds. The molecule has 24 heavy (non-hydrogen) atoms. The smallest absolute Gasteiger partial charge is 0.325 e. The molecule has 6 heteroatoms. The Morgan fingerprint density at radius 1 is 1.29 bits per heavy atom. The monoisotopic (exact) mass is 388 g/mol. The third-order valence-electron chi connectivity index (χ3n) is 4.56. The van der Waals surface area contributed by atoms with Crippen LogP contribution in [0.3, 0.4) is 0 Å². The number of ether oxygens (including phenoxy) is 2. The molecule has 0 aromatic heterocycles. The zero-order valence-corrected chi connectivity index (χ0v) is 15.0. The lowest BCUT2D eigenvalue weighted by molar-refractivity contribution is 0.0378. The summed E-state index contributed by atoms with van der Waals surface area (Å²) in [5.41, 5.74) is 1.04. The Hall–Kier alpha value is -2.21. The van der Waals surface area contributed by atoms with Gasteiger partial charge in [0.25, 0.3) is 0 Å². The first kappa shape index (κ1) is 15.3. The van der Waals surface area contributed by atoms with Crippen molar-refractivity contribution in [1.82, 2.24) is 5.32 Å². The molecule has 1 fully saturated rings. The van der Waals surface area contributed by atoms with E-state index in [2.05, 4.69) is 21.2 Å². The molecule has 1 N–H and O–H groups in total. The second-order valence-electron chi connectivity index (χ2n) is 6.20. The molecule has 0 saturated carbocycles. The molecule has 2 heterocycles. The number of urea groups is 1. The van der Waals surface area contributed by atoms with E-state index in [-0.39, 0.29) is 12.1 Å². The van der Waals surface area contributed by atoms with E-state index in [1.807, 2.05) is 49.4 Å². The number of anilines is 1. The highest BCUT2D eigenvalue weighted by molar-refractivity contribution is 9.10. The fourth-order valence-electron chi connectivity index (χ4n) is 3.47. The van der Waals surface area contributed by atoms with Crippen LogP contribution in [0.5, 0.6) is 11.5 Å². The van der Waals surface area contributed by atoms with E-state index in [0.717, 1.165) is 27.2 Å². The summed E-state index contributed by atoms with van der Waals surface area (Å²) in [7, 11) is 1.62. The van der Waals surface area contributed by atoms with Crippen LogP contribution in [0.15, 0.2) is 46.9 Å². The first-order chi connectivity index (χ1) is 11.5. The number of methoxy groups -OCH3 is 1. The van der Waals surface area contributed by atoms with Gasteiger partial charge in [-0.1, -0.05) is 15.9 Å². The highest BCUT2D eigenvalue weighted by atomic mass is 79.9. The van der Waals surface area contributed by atoms with Crippen molar-refractivity contribution in [3.8, 4) is 11.5 Å². The van der Waals surface area contributed by atoms with Gasteiger partial charge in [-0.25, -0.2) is 4.79 Å². The third kappa shape index (κ3) is 2.33. The topological polar surface area (TPSA) is 50.8 Å². The minimum atomic E-state index is -0.734. The highest BCUT2D eigenvalue weighted by Crippen LogP contribution is 2.46. The SMILES string of the molecule is COc1ccc(N2C(=O)N[C@H]3C[C@]2(C)Oc2ccc(Br)cc23)cc1. The molecule has 2 bridgehead atoms. The zero-order chi connectivity index (χ0) is 16.9. The maximum atomic E-state index is 12.8. The van der Waals surface area contributed by atoms with E-state index in [0.29, 0.717) is 6.42 Å². The first-order valence-electron chi connectivity index (χ1n) is 7.73. The summed E-state index contributed by atoms with van der Waals surface area (Å²) in [5.74, 6) is 1.55. The second-order valence-corrected chi connectivity index (χ2v) is 7.11. The predicted molar refractivity (Wildman–Crippen MR) is 94.5 cm³/mol. The Morgan fingerprint density at radius 2 is 2.04 bits per heavy atom. The molecule has 5 nitrogen and oxygen atoms in total. The van der Waals surface area contributed by atoms with Crippen molar-refractivity contribution in [3.63, 3.8) is 0 Å². The lowest BCUT2D eigenvalue weighted by Gasteiger charge is -2.50. The number of carbonyl (C=O) groups is 1. The summed E-state index contributed by atoms with van der Waals surface area (Å²) >= 11 is 3.48. The van der Waals surface area contributed by atoms with Crippen LogP contribution >= 0.6 is 15.9 Å². The van der Waals surface area contributed by atoms with Gasteiger partial charge in [-0.15, -0.1) is 0 Å². The molecule has 4 rings (SSSR count). The number of carbonyl (C=O) groups excluding carboxylic acids is 1. The number of hydrogen-bond acceptors (Lipinski definition) is 3. The van der Waals surface area contributed by atoms with Crippen LogP contribution in [0.4, 0.5) is 10.5 Å². The van der Waals surface area contributed by atoms with Crippen molar-refractivity contribution in [2.75, 3.05) is 12.0 Å². The number of nitrogens with one attached hydrogen (secondary N) is 1. The van der Waals surface area contributed by atoms with E-state index in [9.17, 15) is 4.79 Å². The Bertz CT molecular complexity index is 808. The van der Waals surface area contributed by atoms with Gasteiger partial charge in [0.2, 0.25) is 0 Å². The van der Waals surface area contributed by atoms with Crippen molar-refractivity contribution >= 4 is 27.6 Å². The summed E-state index contributed by atoms with van der Waals surface area (Å²) in [5, 5.41) is 3.09. The molecule has 2 aromatic carbocycles. The van der Waals surface area contributed by atoms with Crippen LogP contribution in [-0.4, -0.2) is 18.9 Å². The van der Waals surface area contributed by atoms with Gasteiger partial charge in [0.15, 0.2) is 5.72 Å². The Kier molecular flexibility index (Phi) is 3.46. The number of hydrogen-bond donors (Lipinski definition) is 1. The molecular formula is C18H17BrN2O3. The summed E-state index contributed by atoms with van der Waals surface area (Å²) in [6.07, 6.45) is 0.675. The number of fused-ring (bicyclic) bond motifs is 4. The molecule has 0 spiro atoms. The highest BCUT2D eigenvalue weighted by Gasteiger charge is 2.49. The maximum Gasteiger partial charge on any atom is 0.325 e. The number of benzene rings is 2. The molecule has 2 aromatic rings. The number of rotatable bonds is 2. The molecule has 0 unspecified atom stereocenters. The lowest BCUT2D eigenvalue weighted by atomic mass is 9.90. The number of halogens is 1. The molecule has 0 radical (unpaired) electrons. The summed E-state index contributed by atoms with van der Waals surface area (Å²) in [6, 6.07) is 13.1. The molecule has 0 aliphatic carbocycles. The average Bonchev–Trinajstić information content (AvgIpc) is 2.55. The van der Waals surface area contributed by atoms with Gasteiger partial charge >= 0.3 is 6.03 Å². The van der Waals surface area contributed by atoms with Crippen LogP contribution in [0.2, 0.25) is 0 Å². The first-order valence-corrected chi connectivity index (χ1v) is 8.53. The quantitative estimate of drug-likeness (QED) is 0.837. The van der Waals surface area contributed by atoms with Crippen LogP contribution in [-0.2, 0) is 0 Å². The summed E-state index contributed by atoms with van der Waals surface area (Å²) in [4.78, 5) is 14.4. The summed E-state index contributed by atoms with van der Waals surface area (Å²) in [6.45, 7) is 1.95. The summed E-state index contributed by atoms with van der Waals surface area (Å²) < 4.78 is 12.4. The third-order valence-corrected chi connectivity index (χ3v) is 5.06. The van der Waals surface area contributed by atoms with Crippen LogP contribution in [0, 0.1) is 0 Å².